The number of nitrogens with one attached hydrogen (secondary N) is 1. The van der Waals surface area contributed by atoms with Crippen molar-refractivity contribution in [2.75, 3.05) is 45.2 Å². The lowest BCUT2D eigenvalue weighted by molar-refractivity contribution is -0.152. The minimum atomic E-state index is -0.384. The van der Waals surface area contributed by atoms with E-state index in [0.29, 0.717) is 13.1 Å². The van der Waals surface area contributed by atoms with Crippen LogP contribution in [0.3, 0.4) is 0 Å². The lowest BCUT2D eigenvalue weighted by Crippen LogP contribution is -2.52. The monoisotopic (exact) mass is 273 g/mol. The molecule has 6 heteroatoms. The van der Waals surface area contributed by atoms with Gasteiger partial charge in [-0.3, -0.25) is 9.59 Å². The van der Waals surface area contributed by atoms with E-state index in [1.54, 1.807) is 28.6 Å². The van der Waals surface area contributed by atoms with Crippen LogP contribution in [0.5, 0.6) is 0 Å². The van der Waals surface area contributed by atoms with Crippen molar-refractivity contribution in [2.24, 2.45) is 0 Å². The fourth-order valence-electron chi connectivity index (χ4n) is 1.84. The summed E-state index contributed by atoms with van der Waals surface area (Å²) in [5.41, 5.74) is 0. The Labute approximate surface area is 113 Å². The maximum atomic E-state index is 12.1. The van der Waals surface area contributed by atoms with E-state index >= 15 is 0 Å². The first kappa shape index (κ1) is 15.3. The van der Waals surface area contributed by atoms with E-state index in [4.69, 9.17) is 0 Å². The Morgan fingerprint density at radius 2 is 2.00 bits per heavy atom. The van der Waals surface area contributed by atoms with Crippen molar-refractivity contribution in [1.29, 1.82) is 0 Å². The van der Waals surface area contributed by atoms with Crippen LogP contribution in [-0.4, -0.2) is 72.9 Å². The number of piperazine rings is 1. The molecule has 104 valence electrons. The molecule has 0 bridgehead atoms. The third-order valence-corrected chi connectivity index (χ3v) is 3.95. The van der Waals surface area contributed by atoms with Gasteiger partial charge in [0.15, 0.2) is 0 Å². The molecule has 1 fully saturated rings. The molecule has 0 aliphatic carbocycles. The third-order valence-electron chi connectivity index (χ3n) is 3.31. The van der Waals surface area contributed by atoms with E-state index in [1.165, 1.54) is 0 Å². The SMILES string of the molecule is CSCCC(C)N(C)C(=O)C(=O)N1CCNCC1. The van der Waals surface area contributed by atoms with Crippen LogP contribution in [0.25, 0.3) is 0 Å². The molecular formula is C12H23N3O2S. The molecule has 1 N–H and O–H groups in total. The zero-order valence-corrected chi connectivity index (χ0v) is 12.3. The van der Waals surface area contributed by atoms with Crippen molar-refractivity contribution in [3.63, 3.8) is 0 Å². The summed E-state index contributed by atoms with van der Waals surface area (Å²) in [7, 11) is 1.72. The van der Waals surface area contributed by atoms with Crippen molar-refractivity contribution in [1.82, 2.24) is 15.1 Å². The summed E-state index contributed by atoms with van der Waals surface area (Å²) in [6.07, 6.45) is 2.96. The lowest BCUT2D eigenvalue weighted by Gasteiger charge is -2.30. The lowest BCUT2D eigenvalue weighted by atomic mass is 10.2. The number of likely N-dealkylation sites (N-methyl/N-ethyl adjacent to an activating group) is 1. The molecule has 1 heterocycles. The van der Waals surface area contributed by atoms with Gasteiger partial charge in [-0.15, -0.1) is 0 Å². The van der Waals surface area contributed by atoms with Gasteiger partial charge in [-0.05, 0) is 25.4 Å². The first-order chi connectivity index (χ1) is 8.57. The van der Waals surface area contributed by atoms with Crippen LogP contribution in [0.15, 0.2) is 0 Å². The van der Waals surface area contributed by atoms with Gasteiger partial charge in [-0.2, -0.15) is 11.8 Å². The summed E-state index contributed by atoms with van der Waals surface area (Å²) in [5.74, 6) is 0.251. The van der Waals surface area contributed by atoms with E-state index in [2.05, 4.69) is 5.32 Å². The number of hydrogen-bond acceptors (Lipinski definition) is 4. The number of rotatable bonds is 4. The van der Waals surface area contributed by atoms with Crippen LogP contribution >= 0.6 is 11.8 Å². The van der Waals surface area contributed by atoms with Gasteiger partial charge in [0.05, 0.1) is 0 Å². The molecular weight excluding hydrogens is 250 g/mol. The van der Waals surface area contributed by atoms with Gasteiger partial charge >= 0.3 is 11.8 Å². The maximum Gasteiger partial charge on any atom is 0.312 e. The highest BCUT2D eigenvalue weighted by molar-refractivity contribution is 7.98. The molecule has 0 aromatic rings. The summed E-state index contributed by atoms with van der Waals surface area (Å²) in [4.78, 5) is 27.3. The highest BCUT2D eigenvalue weighted by Gasteiger charge is 2.27. The Morgan fingerprint density at radius 3 is 2.56 bits per heavy atom. The molecule has 0 radical (unpaired) electrons. The average Bonchev–Trinajstić information content (AvgIpc) is 2.43. The number of amides is 2. The molecule has 1 rings (SSSR count). The molecule has 1 aliphatic rings. The van der Waals surface area contributed by atoms with Gasteiger partial charge in [0, 0.05) is 39.3 Å². The molecule has 5 nitrogen and oxygen atoms in total. The topological polar surface area (TPSA) is 52.7 Å². The van der Waals surface area contributed by atoms with Crippen LogP contribution in [0, 0.1) is 0 Å². The fraction of sp³-hybridized carbons (Fsp3) is 0.833. The largest absolute Gasteiger partial charge is 0.335 e. The van der Waals surface area contributed by atoms with Gasteiger partial charge < -0.3 is 15.1 Å². The zero-order valence-electron chi connectivity index (χ0n) is 11.4. The van der Waals surface area contributed by atoms with Crippen molar-refractivity contribution >= 4 is 23.6 Å². The minimum absolute atomic E-state index is 0.108. The smallest absolute Gasteiger partial charge is 0.312 e. The first-order valence-corrected chi connectivity index (χ1v) is 7.73. The Balaban J connectivity index is 2.48. The van der Waals surface area contributed by atoms with E-state index < -0.39 is 0 Å². The van der Waals surface area contributed by atoms with E-state index in [9.17, 15) is 9.59 Å². The second-order valence-electron chi connectivity index (χ2n) is 4.59. The molecule has 1 saturated heterocycles. The molecule has 0 saturated carbocycles. The third kappa shape index (κ3) is 4.17. The number of hydrogen-bond donors (Lipinski definition) is 1. The Hall–Kier alpha value is -0.750. The van der Waals surface area contributed by atoms with Gasteiger partial charge in [0.1, 0.15) is 0 Å². The molecule has 1 atom stereocenters. The summed E-state index contributed by atoms with van der Waals surface area (Å²) < 4.78 is 0. The second-order valence-corrected chi connectivity index (χ2v) is 5.57. The Kier molecular flexibility index (Phi) is 6.49. The predicted molar refractivity (Wildman–Crippen MR) is 74.7 cm³/mol. The van der Waals surface area contributed by atoms with Crippen LogP contribution < -0.4 is 5.32 Å². The molecule has 1 unspecified atom stereocenters. The Bertz CT molecular complexity index is 293. The van der Waals surface area contributed by atoms with Crippen molar-refractivity contribution < 1.29 is 9.59 Å². The minimum Gasteiger partial charge on any atom is -0.335 e. The number of carbonyl (C=O) groups excluding carboxylic acids is 2. The molecule has 18 heavy (non-hydrogen) atoms. The quantitative estimate of drug-likeness (QED) is 0.734. The molecule has 0 aromatic carbocycles. The normalized spacial score (nSPS) is 17.4. The maximum absolute atomic E-state index is 12.1. The van der Waals surface area contributed by atoms with Crippen LogP contribution in [0.1, 0.15) is 13.3 Å². The van der Waals surface area contributed by atoms with Crippen molar-refractivity contribution in [3.8, 4) is 0 Å². The highest BCUT2D eigenvalue weighted by Crippen LogP contribution is 2.07. The zero-order chi connectivity index (χ0) is 13.5. The molecule has 0 aromatic heterocycles. The van der Waals surface area contributed by atoms with Gasteiger partial charge in [-0.25, -0.2) is 0 Å². The van der Waals surface area contributed by atoms with Crippen LogP contribution in [0.4, 0.5) is 0 Å². The van der Waals surface area contributed by atoms with Gasteiger partial charge in [0.25, 0.3) is 0 Å². The second kappa shape index (κ2) is 7.63. The predicted octanol–water partition coefficient (Wildman–Crippen LogP) is 0.0182. The standard InChI is InChI=1S/C12H23N3O2S/c1-10(4-9-18-3)14(2)11(16)12(17)15-7-5-13-6-8-15/h10,13H,4-9H2,1-3H3. The molecule has 1 aliphatic heterocycles. The highest BCUT2D eigenvalue weighted by atomic mass is 32.2. The van der Waals surface area contributed by atoms with E-state index in [1.807, 2.05) is 13.2 Å². The summed E-state index contributed by atoms with van der Waals surface area (Å²) in [6.45, 7) is 4.77. The number of carbonyl (C=O) groups is 2. The van der Waals surface area contributed by atoms with Crippen molar-refractivity contribution in [2.45, 2.75) is 19.4 Å². The van der Waals surface area contributed by atoms with Gasteiger partial charge in [0.2, 0.25) is 0 Å². The summed E-state index contributed by atoms with van der Waals surface area (Å²) >= 11 is 1.75. The van der Waals surface area contributed by atoms with Crippen LogP contribution in [0.2, 0.25) is 0 Å². The summed E-state index contributed by atoms with van der Waals surface area (Å²) in [6, 6.07) is 0.108. The van der Waals surface area contributed by atoms with Crippen LogP contribution in [-0.2, 0) is 9.59 Å². The van der Waals surface area contributed by atoms with E-state index in [0.717, 1.165) is 25.3 Å². The number of thioether (sulfide) groups is 1. The average molecular weight is 273 g/mol. The van der Waals surface area contributed by atoms with Crippen molar-refractivity contribution in [3.05, 3.63) is 0 Å². The number of nitrogens with zero attached hydrogens (tertiary/aromatic N) is 2. The Morgan fingerprint density at radius 1 is 1.39 bits per heavy atom. The summed E-state index contributed by atoms with van der Waals surface area (Å²) in [5, 5.41) is 3.17. The molecule has 0 spiro atoms. The fourth-order valence-corrected chi connectivity index (χ4v) is 2.41. The van der Waals surface area contributed by atoms with E-state index in [-0.39, 0.29) is 17.9 Å². The first-order valence-electron chi connectivity index (χ1n) is 6.33. The van der Waals surface area contributed by atoms with Gasteiger partial charge in [-0.1, -0.05) is 0 Å². The molecule has 2 amide bonds.